The maximum absolute atomic E-state index is 10.4. The third-order valence-electron chi connectivity index (χ3n) is 2.98. The molecule has 1 atom stereocenters. The Kier molecular flexibility index (Phi) is 4.29. The van der Waals surface area contributed by atoms with Crippen molar-refractivity contribution in [2.24, 2.45) is 0 Å². The zero-order valence-corrected chi connectivity index (χ0v) is 9.90. The van der Waals surface area contributed by atoms with Crippen molar-refractivity contribution in [2.45, 2.75) is 25.2 Å². The highest BCUT2D eigenvalue weighted by molar-refractivity contribution is 5.50. The fourth-order valence-corrected chi connectivity index (χ4v) is 1.69. The van der Waals surface area contributed by atoms with Gasteiger partial charge in [0.1, 0.15) is 12.0 Å². The van der Waals surface area contributed by atoms with E-state index < -0.39 is 0 Å². The molecule has 0 saturated heterocycles. The van der Waals surface area contributed by atoms with E-state index in [2.05, 4.69) is 13.5 Å². The highest BCUT2D eigenvalue weighted by Crippen LogP contribution is 2.30. The molecule has 0 spiro atoms. The second-order valence-electron chi connectivity index (χ2n) is 4.06. The summed E-state index contributed by atoms with van der Waals surface area (Å²) in [6.45, 7) is 5.95. The molecule has 0 aliphatic heterocycles. The molecule has 0 aliphatic rings. The van der Waals surface area contributed by atoms with Crippen molar-refractivity contribution in [3.63, 3.8) is 0 Å². The number of allylic oxidation sites excluding steroid dienone is 1. The number of hydrogen-bond donors (Lipinski definition) is 0. The van der Waals surface area contributed by atoms with Crippen LogP contribution in [0, 0.1) is 0 Å². The first kappa shape index (κ1) is 12.5. The van der Waals surface area contributed by atoms with Gasteiger partial charge in [-0.25, -0.2) is 0 Å². The topological polar surface area (TPSA) is 26.3 Å². The first-order chi connectivity index (χ1) is 7.66. The normalized spacial score (nSPS) is 13.9. The maximum atomic E-state index is 10.4. The Balaban J connectivity index is 2.93. The van der Waals surface area contributed by atoms with Crippen LogP contribution in [-0.2, 0) is 10.2 Å². The molecule has 1 rings (SSSR count). The molecule has 0 unspecified atom stereocenters. The number of rotatable bonds is 6. The Morgan fingerprint density at radius 3 is 2.44 bits per heavy atom. The van der Waals surface area contributed by atoms with Gasteiger partial charge >= 0.3 is 0 Å². The van der Waals surface area contributed by atoms with Crippen molar-refractivity contribution in [3.8, 4) is 5.75 Å². The van der Waals surface area contributed by atoms with Crippen molar-refractivity contribution in [2.75, 3.05) is 7.11 Å². The predicted octanol–water partition coefficient (Wildman–Crippen LogP) is 3.12. The molecule has 16 heavy (non-hydrogen) atoms. The van der Waals surface area contributed by atoms with E-state index in [4.69, 9.17) is 4.74 Å². The van der Waals surface area contributed by atoms with Crippen LogP contribution in [0.25, 0.3) is 0 Å². The van der Waals surface area contributed by atoms with Gasteiger partial charge in [0.2, 0.25) is 0 Å². The molecular formula is C14H18O2. The van der Waals surface area contributed by atoms with E-state index in [0.717, 1.165) is 24.0 Å². The summed E-state index contributed by atoms with van der Waals surface area (Å²) < 4.78 is 5.11. The van der Waals surface area contributed by atoms with Gasteiger partial charge in [0.15, 0.2) is 0 Å². The third kappa shape index (κ3) is 2.72. The summed E-state index contributed by atoms with van der Waals surface area (Å²) in [6.07, 6.45) is 4.18. The van der Waals surface area contributed by atoms with Gasteiger partial charge in [0, 0.05) is 11.8 Å². The molecule has 0 saturated carbocycles. The van der Waals surface area contributed by atoms with Crippen LogP contribution in [0.5, 0.6) is 5.75 Å². The zero-order valence-electron chi connectivity index (χ0n) is 9.90. The molecule has 2 heteroatoms. The molecule has 86 valence electrons. The van der Waals surface area contributed by atoms with Crippen LogP contribution in [-0.4, -0.2) is 13.4 Å². The van der Waals surface area contributed by atoms with Crippen LogP contribution < -0.4 is 4.74 Å². The summed E-state index contributed by atoms with van der Waals surface area (Å²) in [5.41, 5.74) is 1.01. The van der Waals surface area contributed by atoms with Crippen LogP contribution >= 0.6 is 0 Å². The van der Waals surface area contributed by atoms with Gasteiger partial charge in [-0.2, -0.15) is 0 Å². The minimum Gasteiger partial charge on any atom is -0.497 e. The Morgan fingerprint density at radius 1 is 1.38 bits per heavy atom. The average molecular weight is 218 g/mol. The highest BCUT2D eigenvalue weighted by atomic mass is 16.5. The van der Waals surface area contributed by atoms with Crippen molar-refractivity contribution in [3.05, 3.63) is 42.5 Å². The fraction of sp³-hybridized carbons (Fsp3) is 0.357. The number of methoxy groups -OCH3 is 1. The molecule has 0 heterocycles. The lowest BCUT2D eigenvalue weighted by molar-refractivity contribution is -0.108. The highest BCUT2D eigenvalue weighted by Gasteiger charge is 2.22. The largest absolute Gasteiger partial charge is 0.497 e. The van der Waals surface area contributed by atoms with Gasteiger partial charge in [0.05, 0.1) is 7.11 Å². The van der Waals surface area contributed by atoms with E-state index in [9.17, 15) is 4.79 Å². The van der Waals surface area contributed by atoms with Crippen molar-refractivity contribution < 1.29 is 9.53 Å². The van der Waals surface area contributed by atoms with Crippen molar-refractivity contribution in [1.82, 2.24) is 0 Å². The molecule has 0 N–H and O–H groups in total. The number of carbonyl (C=O) groups excluding carboxylic acids is 1. The van der Waals surface area contributed by atoms with Gasteiger partial charge in [0.25, 0.3) is 0 Å². The van der Waals surface area contributed by atoms with Gasteiger partial charge in [-0.3, -0.25) is 0 Å². The van der Waals surface area contributed by atoms with Crippen LogP contribution in [0.4, 0.5) is 0 Å². The number of aldehydes is 1. The zero-order chi connectivity index (χ0) is 12.0. The smallest absolute Gasteiger partial charge is 0.120 e. The second kappa shape index (κ2) is 5.50. The first-order valence-electron chi connectivity index (χ1n) is 5.38. The summed E-state index contributed by atoms with van der Waals surface area (Å²) in [5.74, 6) is 0.838. The van der Waals surface area contributed by atoms with E-state index in [1.165, 1.54) is 0 Å². The molecule has 0 aromatic heterocycles. The predicted molar refractivity (Wildman–Crippen MR) is 65.8 cm³/mol. The summed E-state index contributed by atoms with van der Waals surface area (Å²) in [5, 5.41) is 0. The Hall–Kier alpha value is -1.57. The molecule has 0 amide bonds. The minimum atomic E-state index is -0.146. The summed E-state index contributed by atoms with van der Waals surface area (Å²) >= 11 is 0. The first-order valence-corrected chi connectivity index (χ1v) is 5.38. The van der Waals surface area contributed by atoms with E-state index in [0.29, 0.717) is 6.42 Å². The van der Waals surface area contributed by atoms with Gasteiger partial charge in [-0.1, -0.05) is 25.1 Å². The lowest BCUT2D eigenvalue weighted by Crippen LogP contribution is -2.18. The molecule has 0 aliphatic carbocycles. The van der Waals surface area contributed by atoms with Crippen molar-refractivity contribution >= 4 is 6.29 Å². The molecule has 2 nitrogen and oxygen atoms in total. The molecule has 0 fully saturated rings. The summed E-state index contributed by atoms with van der Waals surface area (Å²) in [6, 6.07) is 7.90. The number of benzene rings is 1. The molecular weight excluding hydrogens is 200 g/mol. The quantitative estimate of drug-likeness (QED) is 0.541. The van der Waals surface area contributed by atoms with E-state index in [-0.39, 0.29) is 5.41 Å². The Labute approximate surface area is 96.9 Å². The Bertz CT molecular complexity index is 354. The minimum absolute atomic E-state index is 0.146. The monoisotopic (exact) mass is 218 g/mol. The average Bonchev–Trinajstić information content (AvgIpc) is 2.36. The molecule has 1 aromatic carbocycles. The second-order valence-corrected chi connectivity index (χ2v) is 4.06. The summed E-state index contributed by atoms with van der Waals surface area (Å²) in [7, 11) is 1.65. The van der Waals surface area contributed by atoms with Crippen molar-refractivity contribution in [1.29, 1.82) is 0 Å². The maximum Gasteiger partial charge on any atom is 0.120 e. The standard InChI is InChI=1S/C14H18O2/c1-4-14(2,10-5-11-15)12-6-8-13(16-3)9-7-12/h4,6-9,11H,1,5,10H2,2-3H3/t14-/m0/s1. The van der Waals surface area contributed by atoms with E-state index in [1.807, 2.05) is 30.3 Å². The van der Waals surface area contributed by atoms with E-state index in [1.54, 1.807) is 7.11 Å². The van der Waals surface area contributed by atoms with Crippen LogP contribution in [0.2, 0.25) is 0 Å². The van der Waals surface area contributed by atoms with Gasteiger partial charge < -0.3 is 9.53 Å². The molecule has 1 aromatic rings. The lowest BCUT2D eigenvalue weighted by atomic mass is 9.79. The summed E-state index contributed by atoms with van der Waals surface area (Å²) in [4.78, 5) is 10.4. The Morgan fingerprint density at radius 2 is 2.00 bits per heavy atom. The van der Waals surface area contributed by atoms with Gasteiger partial charge in [-0.15, -0.1) is 6.58 Å². The van der Waals surface area contributed by atoms with E-state index >= 15 is 0 Å². The SMILES string of the molecule is C=C[C@@](C)(CCC=O)c1ccc(OC)cc1. The van der Waals surface area contributed by atoms with Crippen LogP contribution in [0.1, 0.15) is 25.3 Å². The molecule has 0 radical (unpaired) electrons. The van der Waals surface area contributed by atoms with Gasteiger partial charge in [-0.05, 0) is 24.1 Å². The number of carbonyl (C=O) groups is 1. The number of ether oxygens (including phenoxy) is 1. The molecule has 0 bridgehead atoms. The lowest BCUT2D eigenvalue weighted by Gasteiger charge is -2.25. The fourth-order valence-electron chi connectivity index (χ4n) is 1.69. The third-order valence-corrected chi connectivity index (χ3v) is 2.98. The van der Waals surface area contributed by atoms with Crippen LogP contribution in [0.3, 0.4) is 0 Å². The number of hydrogen-bond acceptors (Lipinski definition) is 2. The van der Waals surface area contributed by atoms with Crippen LogP contribution in [0.15, 0.2) is 36.9 Å².